The first-order valence-corrected chi connectivity index (χ1v) is 8.23. The molecule has 116 valence electrons. The average Bonchev–Trinajstić information content (AvgIpc) is 2.84. The third-order valence-corrected chi connectivity index (χ3v) is 4.95. The van der Waals surface area contributed by atoms with Crippen LogP contribution in [0.5, 0.6) is 0 Å². The van der Waals surface area contributed by atoms with Gasteiger partial charge in [0.15, 0.2) is 3.95 Å². The van der Waals surface area contributed by atoms with Gasteiger partial charge in [-0.05, 0) is 23.7 Å². The Labute approximate surface area is 142 Å². The number of hydrogen-bond donors (Lipinski definition) is 2. The van der Waals surface area contributed by atoms with Crippen molar-refractivity contribution < 1.29 is 4.79 Å². The molecular formula is C17H15N3OS2. The fraction of sp³-hybridized carbons (Fsp3) is 0.0588. The first-order chi connectivity index (χ1) is 11.1. The number of nitrogen functional groups attached to an aromatic ring is 1. The second kappa shape index (κ2) is 6.36. The molecule has 4 nitrogen and oxygen atoms in total. The number of carbonyl (C=O) groups excluding carboxylic acids is 1. The van der Waals surface area contributed by atoms with Crippen LogP contribution < -0.4 is 11.1 Å². The number of aromatic nitrogens is 1. The predicted octanol–water partition coefficient (Wildman–Crippen LogP) is 4.45. The van der Waals surface area contributed by atoms with Crippen LogP contribution in [0.25, 0.3) is 10.8 Å². The lowest BCUT2D eigenvalue weighted by Crippen LogP contribution is -2.14. The van der Waals surface area contributed by atoms with Gasteiger partial charge >= 0.3 is 0 Å². The van der Waals surface area contributed by atoms with E-state index in [1.54, 1.807) is 10.6 Å². The van der Waals surface area contributed by atoms with Crippen molar-refractivity contribution in [2.75, 3.05) is 11.1 Å². The Kier molecular flexibility index (Phi) is 4.27. The molecule has 0 atom stereocenters. The quantitative estimate of drug-likeness (QED) is 0.544. The molecule has 1 aromatic heterocycles. The van der Waals surface area contributed by atoms with Crippen molar-refractivity contribution in [1.82, 2.24) is 4.57 Å². The lowest BCUT2D eigenvalue weighted by atomic mass is 10.1. The molecule has 23 heavy (non-hydrogen) atoms. The number of anilines is 2. The highest BCUT2D eigenvalue weighted by atomic mass is 32.1. The van der Waals surface area contributed by atoms with Gasteiger partial charge in [-0.1, -0.05) is 53.8 Å². The summed E-state index contributed by atoms with van der Waals surface area (Å²) < 4.78 is 2.26. The van der Waals surface area contributed by atoms with E-state index in [9.17, 15) is 4.79 Å². The normalized spacial score (nSPS) is 10.6. The SMILES string of the molecule is C=CCn1c(N)c(C(=O)Nc2cccc3ccccc23)sc1=S. The molecule has 0 aliphatic heterocycles. The maximum absolute atomic E-state index is 12.6. The van der Waals surface area contributed by atoms with Crippen molar-refractivity contribution in [1.29, 1.82) is 0 Å². The van der Waals surface area contributed by atoms with Crippen LogP contribution in [-0.2, 0) is 6.54 Å². The summed E-state index contributed by atoms with van der Waals surface area (Å²) in [5, 5.41) is 4.98. The van der Waals surface area contributed by atoms with Gasteiger partial charge in [-0.25, -0.2) is 0 Å². The Morgan fingerprint density at radius 2 is 2.04 bits per heavy atom. The Morgan fingerprint density at radius 1 is 1.30 bits per heavy atom. The van der Waals surface area contributed by atoms with Crippen LogP contribution in [-0.4, -0.2) is 10.5 Å². The molecule has 3 rings (SSSR count). The highest BCUT2D eigenvalue weighted by Crippen LogP contribution is 2.27. The summed E-state index contributed by atoms with van der Waals surface area (Å²) in [7, 11) is 0. The van der Waals surface area contributed by atoms with Crippen molar-refractivity contribution in [2.45, 2.75) is 6.54 Å². The number of carbonyl (C=O) groups is 1. The van der Waals surface area contributed by atoms with Crippen LogP contribution in [0.1, 0.15) is 9.67 Å². The highest BCUT2D eigenvalue weighted by Gasteiger charge is 2.17. The van der Waals surface area contributed by atoms with Gasteiger partial charge in [0, 0.05) is 17.6 Å². The minimum Gasteiger partial charge on any atom is -0.384 e. The molecule has 0 aliphatic rings. The number of fused-ring (bicyclic) bond motifs is 1. The van der Waals surface area contributed by atoms with Gasteiger partial charge in [0.1, 0.15) is 10.7 Å². The van der Waals surface area contributed by atoms with Gasteiger partial charge < -0.3 is 15.6 Å². The fourth-order valence-electron chi connectivity index (χ4n) is 2.39. The standard InChI is InChI=1S/C17H15N3OS2/c1-2-10-20-15(18)14(23-17(20)22)16(21)19-13-9-5-7-11-6-3-4-8-12(11)13/h2-9H,1,10,18H2,(H,19,21). The van der Waals surface area contributed by atoms with Crippen molar-refractivity contribution in [3.8, 4) is 0 Å². The summed E-state index contributed by atoms with van der Waals surface area (Å²) in [5.74, 6) is 0.121. The topological polar surface area (TPSA) is 60.0 Å². The van der Waals surface area contributed by atoms with Crippen molar-refractivity contribution in [3.63, 3.8) is 0 Å². The van der Waals surface area contributed by atoms with E-state index in [1.807, 2.05) is 42.5 Å². The van der Waals surface area contributed by atoms with Crippen LogP contribution in [0.4, 0.5) is 11.5 Å². The monoisotopic (exact) mass is 341 g/mol. The number of nitrogens with two attached hydrogens (primary N) is 1. The van der Waals surface area contributed by atoms with E-state index in [2.05, 4.69) is 11.9 Å². The number of allylic oxidation sites excluding steroid dienone is 1. The molecule has 3 N–H and O–H groups in total. The van der Waals surface area contributed by atoms with Crippen molar-refractivity contribution in [2.24, 2.45) is 0 Å². The van der Waals surface area contributed by atoms with Crippen LogP contribution in [0, 0.1) is 3.95 Å². The maximum Gasteiger partial charge on any atom is 0.269 e. The minimum absolute atomic E-state index is 0.252. The Bertz CT molecular complexity index is 951. The number of thiazole rings is 1. The molecule has 3 aromatic rings. The zero-order chi connectivity index (χ0) is 16.4. The Balaban J connectivity index is 1.97. The Morgan fingerprint density at radius 3 is 2.83 bits per heavy atom. The van der Waals surface area contributed by atoms with E-state index in [0.717, 1.165) is 16.5 Å². The third-order valence-electron chi connectivity index (χ3n) is 3.49. The van der Waals surface area contributed by atoms with Gasteiger partial charge in [-0.3, -0.25) is 4.79 Å². The van der Waals surface area contributed by atoms with Crippen molar-refractivity contribution >= 4 is 51.7 Å². The molecule has 2 aromatic carbocycles. The summed E-state index contributed by atoms with van der Waals surface area (Å²) in [6.07, 6.45) is 1.70. The van der Waals surface area contributed by atoms with E-state index in [0.29, 0.717) is 21.2 Å². The first kappa shape index (κ1) is 15.5. The molecule has 0 unspecified atom stereocenters. The maximum atomic E-state index is 12.6. The summed E-state index contributed by atoms with van der Waals surface area (Å²) in [5.41, 5.74) is 6.81. The van der Waals surface area contributed by atoms with Crippen LogP contribution in [0.3, 0.4) is 0 Å². The molecule has 0 saturated heterocycles. The number of rotatable bonds is 4. The molecule has 0 saturated carbocycles. The van der Waals surface area contributed by atoms with Gasteiger partial charge in [0.2, 0.25) is 0 Å². The summed E-state index contributed by atoms with van der Waals surface area (Å²) in [6.45, 7) is 4.16. The van der Waals surface area contributed by atoms with E-state index in [4.69, 9.17) is 18.0 Å². The molecule has 0 bridgehead atoms. The van der Waals surface area contributed by atoms with Gasteiger partial charge in [0.25, 0.3) is 5.91 Å². The zero-order valence-electron chi connectivity index (χ0n) is 12.3. The molecule has 0 spiro atoms. The largest absolute Gasteiger partial charge is 0.384 e. The fourth-order valence-corrected chi connectivity index (χ4v) is 3.63. The molecule has 0 aliphatic carbocycles. The minimum atomic E-state index is -0.252. The molecule has 0 radical (unpaired) electrons. The van der Waals surface area contributed by atoms with Crippen molar-refractivity contribution in [3.05, 3.63) is 64.0 Å². The number of amides is 1. The van der Waals surface area contributed by atoms with E-state index < -0.39 is 0 Å². The highest BCUT2D eigenvalue weighted by molar-refractivity contribution is 7.73. The number of hydrogen-bond acceptors (Lipinski definition) is 4. The molecule has 0 fully saturated rings. The van der Waals surface area contributed by atoms with Crippen LogP contribution in [0.2, 0.25) is 0 Å². The Hall–Kier alpha value is -2.44. The summed E-state index contributed by atoms with van der Waals surface area (Å²) in [6, 6.07) is 13.7. The van der Waals surface area contributed by atoms with Crippen LogP contribution in [0.15, 0.2) is 55.1 Å². The number of benzene rings is 2. The van der Waals surface area contributed by atoms with E-state index >= 15 is 0 Å². The summed E-state index contributed by atoms with van der Waals surface area (Å²) in [4.78, 5) is 13.0. The third kappa shape index (κ3) is 2.91. The smallest absolute Gasteiger partial charge is 0.269 e. The molecule has 1 amide bonds. The summed E-state index contributed by atoms with van der Waals surface area (Å²) >= 11 is 6.47. The van der Waals surface area contributed by atoms with Gasteiger partial charge in [-0.15, -0.1) is 6.58 Å². The number of nitrogens with zero attached hydrogens (tertiary/aromatic N) is 1. The second-order valence-corrected chi connectivity index (χ2v) is 6.61. The van der Waals surface area contributed by atoms with E-state index in [1.165, 1.54) is 11.3 Å². The molecule has 6 heteroatoms. The second-order valence-electron chi connectivity index (χ2n) is 4.96. The average molecular weight is 341 g/mol. The molecular weight excluding hydrogens is 326 g/mol. The van der Waals surface area contributed by atoms with E-state index in [-0.39, 0.29) is 5.91 Å². The van der Waals surface area contributed by atoms with Crippen LogP contribution >= 0.6 is 23.6 Å². The lowest BCUT2D eigenvalue weighted by molar-refractivity contribution is 0.103. The molecule has 1 heterocycles. The van der Waals surface area contributed by atoms with Gasteiger partial charge in [0.05, 0.1) is 0 Å². The predicted molar refractivity (Wildman–Crippen MR) is 99.7 cm³/mol. The zero-order valence-corrected chi connectivity index (χ0v) is 13.9. The van der Waals surface area contributed by atoms with Gasteiger partial charge in [-0.2, -0.15) is 0 Å². The lowest BCUT2D eigenvalue weighted by Gasteiger charge is -2.08. The first-order valence-electron chi connectivity index (χ1n) is 7.01. The number of nitrogens with one attached hydrogen (secondary N) is 1.